The van der Waals surface area contributed by atoms with Crippen molar-refractivity contribution < 1.29 is 46.6 Å². The number of halogens is 3. The molecule has 3 aromatic heterocycles. The van der Waals surface area contributed by atoms with Crippen molar-refractivity contribution in [1.82, 2.24) is 49.3 Å². The minimum Gasteiger partial charge on any atom is -0.464 e. The molecule has 1 spiro atoms. The van der Waals surface area contributed by atoms with Gasteiger partial charge in [0.25, 0.3) is 11.8 Å². The first-order chi connectivity index (χ1) is 37.9. The van der Waals surface area contributed by atoms with Gasteiger partial charge in [-0.2, -0.15) is 13.2 Å². The van der Waals surface area contributed by atoms with Crippen LogP contribution in [0, 0.1) is 16.7 Å². The van der Waals surface area contributed by atoms with Gasteiger partial charge in [-0.1, -0.05) is 46.3 Å². The fraction of sp³-hybridized carbons (Fsp3) is 0.596. The normalized spacial score (nSPS) is 22.2. The highest BCUT2D eigenvalue weighted by Gasteiger charge is 2.48. The number of urea groups is 1. The highest BCUT2D eigenvalue weighted by atomic mass is 32.2. The molecule has 4 atom stereocenters. The van der Waals surface area contributed by atoms with Crippen LogP contribution in [0.3, 0.4) is 0 Å². The predicted molar refractivity (Wildman–Crippen MR) is 303 cm³/mol. The molecule has 0 aliphatic carbocycles. The Balaban J connectivity index is 0.947. The second-order valence-electron chi connectivity index (χ2n) is 23.6. The summed E-state index contributed by atoms with van der Waals surface area (Å²) in [6, 6.07) is 6.60. The number of fused-ring (bicyclic) bond motifs is 6. The van der Waals surface area contributed by atoms with Crippen molar-refractivity contribution in [2.75, 3.05) is 73.1 Å². The predicted octanol–water partition coefficient (Wildman–Crippen LogP) is 7.72. The Morgan fingerprint density at radius 1 is 1.05 bits per heavy atom. The third kappa shape index (κ3) is 13.3. The van der Waals surface area contributed by atoms with Crippen molar-refractivity contribution in [1.29, 1.82) is 0 Å². The van der Waals surface area contributed by atoms with Crippen LogP contribution in [0.15, 0.2) is 54.1 Å². The lowest BCUT2D eigenvalue weighted by atomic mass is 9.72. The summed E-state index contributed by atoms with van der Waals surface area (Å²) in [7, 11) is 6.79. The summed E-state index contributed by atoms with van der Waals surface area (Å²) in [5.41, 5.74) is 5.45. The number of rotatable bonds is 12. The van der Waals surface area contributed by atoms with Crippen molar-refractivity contribution >= 4 is 74.2 Å². The lowest BCUT2D eigenvalue weighted by Crippen LogP contribution is -2.63. The number of methoxy groups -OCH3 is 1. The molecule has 5 aliphatic rings. The van der Waals surface area contributed by atoms with E-state index in [0.29, 0.717) is 88.7 Å². The molecule has 80 heavy (non-hydrogen) atoms. The smallest absolute Gasteiger partial charge is 0.406 e. The van der Waals surface area contributed by atoms with E-state index in [1.54, 1.807) is 55.4 Å². The zero-order chi connectivity index (χ0) is 57.3. The van der Waals surface area contributed by atoms with Crippen LogP contribution in [-0.4, -0.2) is 176 Å². The summed E-state index contributed by atoms with van der Waals surface area (Å²) in [5.74, 6) is -1.72. The Morgan fingerprint density at radius 3 is 2.49 bits per heavy atom. The average molecular weight is 1160 g/mol. The van der Waals surface area contributed by atoms with E-state index < -0.39 is 58.5 Å². The molecule has 0 unspecified atom stereocenters. The molecule has 5 aliphatic heterocycles. The number of pyridine rings is 1. The summed E-state index contributed by atoms with van der Waals surface area (Å²) in [6.07, 6.45) is 6.89. The number of likely N-dealkylation sites (tertiary alicyclic amines) is 3. The first-order valence-corrected chi connectivity index (χ1v) is 30.0. The minimum atomic E-state index is -4.61. The molecule has 5 amide bonds. The molecule has 2 N–H and O–H groups in total. The van der Waals surface area contributed by atoms with Crippen molar-refractivity contribution in [3.8, 4) is 22.5 Å². The molecular weight excluding hydrogens is 1090 g/mol. The van der Waals surface area contributed by atoms with Crippen LogP contribution in [0.2, 0.25) is 0 Å². The maximum atomic E-state index is 14.8. The number of benzene rings is 1. The van der Waals surface area contributed by atoms with Crippen LogP contribution in [0.1, 0.15) is 95.8 Å². The van der Waals surface area contributed by atoms with Crippen molar-refractivity contribution in [2.45, 2.75) is 128 Å². The Labute approximate surface area is 478 Å². The topological polar surface area (TPSA) is 175 Å². The highest BCUT2D eigenvalue weighted by molar-refractivity contribution is 7.99. The first-order valence-electron chi connectivity index (χ1n) is 27.8. The number of carbonyl (C=O) groups excluding carboxylic acids is 5. The van der Waals surface area contributed by atoms with E-state index in [1.807, 2.05) is 50.1 Å². The van der Waals surface area contributed by atoms with Crippen LogP contribution in [0.5, 0.6) is 0 Å². The monoisotopic (exact) mass is 1160 g/mol. The molecule has 3 radical (unpaired) electrons. The van der Waals surface area contributed by atoms with Crippen molar-refractivity contribution in [3.63, 3.8) is 0 Å². The van der Waals surface area contributed by atoms with Gasteiger partial charge in [0.2, 0.25) is 5.91 Å². The number of likely N-dealkylation sites (N-methyl/N-ethyl adjacent to an activating group) is 1. The zero-order valence-electron chi connectivity index (χ0n) is 46.8. The summed E-state index contributed by atoms with van der Waals surface area (Å²) >= 11 is 2.24. The number of ether oxygens (including phenoxy) is 2. The Bertz CT molecular complexity index is 2960. The average Bonchev–Trinajstić information content (AvgIpc) is 4.01. The van der Waals surface area contributed by atoms with Gasteiger partial charge in [-0.3, -0.25) is 38.8 Å². The number of hydrogen-bond acceptors (Lipinski definition) is 13. The lowest BCUT2D eigenvalue weighted by molar-refractivity contribution is -0.154. The summed E-state index contributed by atoms with van der Waals surface area (Å²) in [4.78, 5) is 87.4. The molecule has 4 saturated heterocycles. The maximum Gasteiger partial charge on any atom is 0.406 e. The summed E-state index contributed by atoms with van der Waals surface area (Å²) in [6.45, 7) is 13.4. The van der Waals surface area contributed by atoms with Crippen LogP contribution in [0.4, 0.5) is 18.0 Å². The molecular formula is C57H74F3N10O7S2Si. The summed E-state index contributed by atoms with van der Waals surface area (Å²) < 4.78 is 60.4. The van der Waals surface area contributed by atoms with E-state index in [0.717, 1.165) is 44.4 Å². The van der Waals surface area contributed by atoms with Crippen LogP contribution >= 0.6 is 23.3 Å². The molecule has 9 rings (SSSR count). The highest BCUT2D eigenvalue weighted by Crippen LogP contribution is 2.44. The van der Waals surface area contributed by atoms with Crippen molar-refractivity contribution in [2.24, 2.45) is 16.7 Å². The van der Waals surface area contributed by atoms with Gasteiger partial charge in [0.15, 0.2) is 0 Å². The molecule has 4 aromatic rings. The zero-order valence-corrected chi connectivity index (χ0v) is 49.5. The maximum absolute atomic E-state index is 14.8. The number of carbonyl (C=O) groups is 5. The van der Waals surface area contributed by atoms with Gasteiger partial charge < -0.3 is 28.7 Å². The fourth-order valence-corrected chi connectivity index (χ4v) is 14.0. The number of hydrazine groups is 1. The number of cyclic esters (lactones) is 1. The van der Waals surface area contributed by atoms with Crippen molar-refractivity contribution in [3.05, 3.63) is 70.3 Å². The Kier molecular flexibility index (Phi) is 18.0. The van der Waals surface area contributed by atoms with Gasteiger partial charge in [0.05, 0.1) is 44.2 Å². The largest absolute Gasteiger partial charge is 0.464 e. The van der Waals surface area contributed by atoms with E-state index in [9.17, 15) is 37.1 Å². The van der Waals surface area contributed by atoms with Gasteiger partial charge in [0, 0.05) is 110 Å². The Morgan fingerprint density at radius 2 is 1.79 bits per heavy atom. The van der Waals surface area contributed by atoms with Crippen LogP contribution < -0.4 is 10.1 Å². The number of alkyl halides is 3. The number of amides is 5. The molecule has 431 valence electrons. The number of thiazole rings is 1. The molecule has 8 heterocycles. The molecule has 17 nitrogen and oxygen atoms in total. The van der Waals surface area contributed by atoms with Gasteiger partial charge in [-0.25, -0.2) is 15.2 Å². The molecule has 4 fully saturated rings. The van der Waals surface area contributed by atoms with E-state index >= 15 is 0 Å². The molecule has 23 heteroatoms. The molecule has 1 aromatic carbocycles. The van der Waals surface area contributed by atoms with Gasteiger partial charge in [-0.05, 0) is 113 Å². The third-order valence-electron chi connectivity index (χ3n) is 16.4. The Hall–Kier alpha value is -5.33. The number of nitrogens with one attached hydrogen (secondary N) is 2. The van der Waals surface area contributed by atoms with E-state index in [2.05, 4.69) is 30.3 Å². The van der Waals surface area contributed by atoms with Crippen LogP contribution in [0.25, 0.3) is 33.4 Å². The number of esters is 1. The second-order valence-corrected chi connectivity index (χ2v) is 26.5. The summed E-state index contributed by atoms with van der Waals surface area (Å²) in [5, 5.41) is 2.23. The fourth-order valence-electron chi connectivity index (χ4n) is 12.0. The number of hydrogen-bond donors (Lipinski definition) is 2. The second kappa shape index (κ2) is 24.2. The number of nitrogens with zero attached hydrogens (tertiary/aromatic N) is 8. The standard InChI is InChI=1S/C57H74F3N10O7S2Si/c1-36(2)47(65(6)53(75)67-26-19-56(20-27-67)32-68(33-56)46(71)16-13-24-66-22-9-8-10-23-66)50(72)64-79-44-29-45-62-42(31-78-45)37-17-18-43-39(28-37)40(30-54(3,4)35-77-52(74)41-15-12-25-70(63-41)51(44)73)48(69(43)34-57(58,59)60)38-14-11-21-61-49(38)55(5,80)76-7/h11,13-14,16-18,21,28,31,36,41,44,47,63H,8-10,12,15,19-20,22-27,29-30,32-35H2,1-7H3,(H,64,72)/b16-13+/t41-,44-,47-,55+/m0/s1. The number of piperidine rings is 2. The minimum absolute atomic E-state index is 0.0268. The quantitative estimate of drug-likeness (QED) is 0.0613. The van der Waals surface area contributed by atoms with Gasteiger partial charge >= 0.3 is 18.2 Å². The molecule has 6 bridgehead atoms. The SMILES string of the molecule is CO[C@](C)([Si])c1ncccc1-c1c2c3cc(ccc3n1CC(F)(F)F)-c1csc(n1)C[C@H](SNC(=O)[C@H](C(C)C)N(C)C(=O)N1CCC3(CC1)CN(C(=O)/C=C/CN1CCCCC1)C3)C(=O)N1CCC[C@H](N1)C(=O)OCC(C)(C)C2. The lowest BCUT2D eigenvalue weighted by Gasteiger charge is -2.54. The van der Waals surface area contributed by atoms with E-state index in [-0.39, 0.29) is 49.3 Å². The van der Waals surface area contributed by atoms with Gasteiger partial charge in [0.1, 0.15) is 23.9 Å². The van der Waals surface area contributed by atoms with E-state index in [4.69, 9.17) is 14.5 Å². The number of aromatic nitrogens is 3. The first kappa shape index (κ1) is 59.3. The third-order valence-corrected chi connectivity index (χ3v) is 18.6. The molecule has 0 saturated carbocycles. The van der Waals surface area contributed by atoms with Crippen LogP contribution in [-0.2, 0) is 53.3 Å². The van der Waals surface area contributed by atoms with Gasteiger partial charge in [-0.15, -0.1) is 11.3 Å². The van der Waals surface area contributed by atoms with E-state index in [1.165, 1.54) is 52.2 Å².